The van der Waals surface area contributed by atoms with Crippen LogP contribution in [-0.4, -0.2) is 35.7 Å². The first-order chi connectivity index (χ1) is 17.5. The number of esters is 3. The molecule has 6 nitrogen and oxygen atoms in total. The van der Waals surface area contributed by atoms with Crippen molar-refractivity contribution in [1.82, 2.24) is 0 Å². The van der Waals surface area contributed by atoms with Gasteiger partial charge in [0.15, 0.2) is 0 Å². The first-order valence-corrected chi connectivity index (χ1v) is 15.1. The molecule has 6 saturated carbocycles. The SMILES string of the molecule is C.C.C.C.CCC(C)C(=O)OC(C)(C)C12CC3CC(CC(C3)C1)C2.CCC(C)C(=O)OC1C2CC3C(=O)OC1C3C2. The van der Waals surface area contributed by atoms with E-state index in [9.17, 15) is 14.4 Å². The standard InChI is InChI=1S/C18H30O2.C13H18O4.4CH4/c1-5-12(2)16(19)20-17(3,4)18-9-13-6-14(10-18)8-15(7-13)11-18;1-3-6(2)12(14)16-10-7-4-8-9(5-7)13(15)17-11(8)10;;;;/h12-15H,5-11H2,1-4H3;6-11H,3-5H2,1-2H3;4*1H4. The molecule has 0 N–H and O–H groups in total. The second-order valence-corrected chi connectivity index (χ2v) is 14.1. The van der Waals surface area contributed by atoms with Crippen molar-refractivity contribution in [3.05, 3.63) is 0 Å². The molecule has 7 aliphatic rings. The van der Waals surface area contributed by atoms with Gasteiger partial charge >= 0.3 is 17.9 Å². The summed E-state index contributed by atoms with van der Waals surface area (Å²) >= 11 is 0. The summed E-state index contributed by atoms with van der Waals surface area (Å²) in [6, 6.07) is 0. The summed E-state index contributed by atoms with van der Waals surface area (Å²) in [5.41, 5.74) is -0.0194. The van der Waals surface area contributed by atoms with Gasteiger partial charge in [-0.05, 0) is 95.8 Å². The van der Waals surface area contributed by atoms with Crippen molar-refractivity contribution in [1.29, 1.82) is 0 Å². The van der Waals surface area contributed by atoms with Gasteiger partial charge in [-0.15, -0.1) is 0 Å². The zero-order valence-electron chi connectivity index (χ0n) is 23.8. The van der Waals surface area contributed by atoms with Crippen LogP contribution < -0.4 is 0 Å². The van der Waals surface area contributed by atoms with Crippen molar-refractivity contribution < 1.29 is 28.6 Å². The number of rotatable bonds is 7. The van der Waals surface area contributed by atoms with Crippen LogP contribution in [-0.2, 0) is 28.6 Å². The number of carbonyl (C=O) groups excluding carboxylic acids is 3. The molecule has 1 heterocycles. The van der Waals surface area contributed by atoms with Gasteiger partial charge in [0.1, 0.15) is 17.8 Å². The average Bonchev–Trinajstić information content (AvgIpc) is 3.47. The Morgan fingerprint density at radius 3 is 1.83 bits per heavy atom. The Morgan fingerprint density at radius 2 is 1.34 bits per heavy atom. The van der Waals surface area contributed by atoms with E-state index >= 15 is 0 Å². The fraction of sp³-hybridized carbons (Fsp3) is 0.914. The van der Waals surface area contributed by atoms with Crippen LogP contribution in [0, 0.1) is 52.8 Å². The van der Waals surface area contributed by atoms with Gasteiger partial charge < -0.3 is 14.2 Å². The highest BCUT2D eigenvalue weighted by Crippen LogP contribution is 2.64. The van der Waals surface area contributed by atoms with E-state index < -0.39 is 0 Å². The fourth-order valence-electron chi connectivity index (χ4n) is 8.96. The zero-order valence-corrected chi connectivity index (χ0v) is 23.8. The Balaban J connectivity index is 0.000000377. The lowest BCUT2D eigenvalue weighted by atomic mass is 9.46. The number of hydrogen-bond donors (Lipinski definition) is 0. The highest BCUT2D eigenvalue weighted by atomic mass is 16.6. The Kier molecular flexibility index (Phi) is 12.6. The van der Waals surface area contributed by atoms with Gasteiger partial charge in [-0.2, -0.15) is 0 Å². The molecule has 0 amide bonds. The minimum Gasteiger partial charge on any atom is -0.459 e. The minimum atomic E-state index is -0.288. The molecule has 6 bridgehead atoms. The normalized spacial score (nSPS) is 38.0. The molecule has 6 heteroatoms. The maximum atomic E-state index is 12.3. The second-order valence-electron chi connectivity index (χ2n) is 14.1. The third-order valence-electron chi connectivity index (χ3n) is 11.4. The molecule has 41 heavy (non-hydrogen) atoms. The molecule has 6 aliphatic carbocycles. The third-order valence-corrected chi connectivity index (χ3v) is 11.4. The van der Waals surface area contributed by atoms with Gasteiger partial charge in [0, 0.05) is 17.3 Å². The summed E-state index contributed by atoms with van der Waals surface area (Å²) in [6.07, 6.45) is 11.3. The molecule has 7 atom stereocenters. The summed E-state index contributed by atoms with van der Waals surface area (Å²) in [7, 11) is 0. The molecule has 0 aromatic rings. The summed E-state index contributed by atoms with van der Waals surface area (Å²) in [5, 5.41) is 0. The Labute approximate surface area is 252 Å². The Hall–Kier alpha value is -1.59. The van der Waals surface area contributed by atoms with E-state index in [-0.39, 0.29) is 88.6 Å². The van der Waals surface area contributed by atoms with E-state index in [2.05, 4.69) is 20.8 Å². The fourth-order valence-corrected chi connectivity index (χ4v) is 8.96. The molecule has 0 spiro atoms. The highest BCUT2D eigenvalue weighted by Gasteiger charge is 2.63. The first kappa shape index (κ1) is 37.4. The molecule has 0 aromatic heterocycles. The molecule has 7 rings (SSSR count). The van der Waals surface area contributed by atoms with E-state index in [1.165, 1.54) is 38.5 Å². The highest BCUT2D eigenvalue weighted by molar-refractivity contribution is 5.77. The first-order valence-electron chi connectivity index (χ1n) is 15.1. The molecule has 0 radical (unpaired) electrons. The molecule has 1 saturated heterocycles. The van der Waals surface area contributed by atoms with Gasteiger partial charge in [-0.1, -0.05) is 57.4 Å². The summed E-state index contributed by atoms with van der Waals surface area (Å²) in [4.78, 5) is 35.6. The lowest BCUT2D eigenvalue weighted by molar-refractivity contribution is -0.201. The summed E-state index contributed by atoms with van der Waals surface area (Å²) in [5.74, 6) is 3.20. The van der Waals surface area contributed by atoms with Crippen LogP contribution in [0.5, 0.6) is 0 Å². The van der Waals surface area contributed by atoms with Gasteiger partial charge in [0.05, 0.1) is 17.8 Å². The minimum absolute atomic E-state index is 0. The number of carbonyl (C=O) groups is 3. The van der Waals surface area contributed by atoms with Crippen LogP contribution >= 0.6 is 0 Å². The van der Waals surface area contributed by atoms with Crippen molar-refractivity contribution >= 4 is 17.9 Å². The van der Waals surface area contributed by atoms with Crippen LogP contribution in [0.4, 0.5) is 0 Å². The predicted octanol–water partition coefficient (Wildman–Crippen LogP) is 8.64. The molecule has 1 aliphatic heterocycles. The van der Waals surface area contributed by atoms with Crippen molar-refractivity contribution in [3.8, 4) is 0 Å². The van der Waals surface area contributed by atoms with Crippen LogP contribution in [0.2, 0.25) is 0 Å². The van der Waals surface area contributed by atoms with E-state index in [4.69, 9.17) is 14.2 Å². The van der Waals surface area contributed by atoms with Crippen LogP contribution in [0.15, 0.2) is 0 Å². The lowest BCUT2D eigenvalue weighted by Gasteiger charge is -2.61. The lowest BCUT2D eigenvalue weighted by Crippen LogP contribution is -2.57. The molecule has 240 valence electrons. The maximum absolute atomic E-state index is 12.3. The average molecular weight is 581 g/mol. The Bertz CT molecular complexity index is 873. The van der Waals surface area contributed by atoms with Crippen LogP contribution in [0.3, 0.4) is 0 Å². The number of hydrogen-bond acceptors (Lipinski definition) is 6. The smallest absolute Gasteiger partial charge is 0.309 e. The Morgan fingerprint density at radius 1 is 0.854 bits per heavy atom. The van der Waals surface area contributed by atoms with Crippen molar-refractivity contribution in [3.63, 3.8) is 0 Å². The second kappa shape index (κ2) is 13.8. The van der Waals surface area contributed by atoms with Crippen LogP contribution in [0.25, 0.3) is 0 Å². The van der Waals surface area contributed by atoms with Crippen molar-refractivity contribution in [2.45, 2.75) is 153 Å². The monoisotopic (exact) mass is 580 g/mol. The van der Waals surface area contributed by atoms with Crippen molar-refractivity contribution in [2.75, 3.05) is 0 Å². The summed E-state index contributed by atoms with van der Waals surface area (Å²) < 4.78 is 16.9. The van der Waals surface area contributed by atoms with E-state index in [0.29, 0.717) is 11.8 Å². The van der Waals surface area contributed by atoms with Crippen molar-refractivity contribution in [2.24, 2.45) is 52.8 Å². The predicted molar refractivity (Wildman–Crippen MR) is 166 cm³/mol. The molecule has 7 fully saturated rings. The third kappa shape index (κ3) is 6.66. The quantitative estimate of drug-likeness (QED) is 0.221. The maximum Gasteiger partial charge on any atom is 0.309 e. The van der Waals surface area contributed by atoms with Gasteiger partial charge in [-0.3, -0.25) is 14.4 Å². The molecule has 0 aromatic carbocycles. The van der Waals surface area contributed by atoms with E-state index in [1.807, 2.05) is 20.8 Å². The topological polar surface area (TPSA) is 78.9 Å². The summed E-state index contributed by atoms with van der Waals surface area (Å²) in [6.45, 7) is 12.2. The van der Waals surface area contributed by atoms with Gasteiger partial charge in [0.2, 0.25) is 0 Å². The molecule has 7 unspecified atom stereocenters. The van der Waals surface area contributed by atoms with Crippen LogP contribution in [0.1, 0.15) is 135 Å². The van der Waals surface area contributed by atoms with E-state index in [0.717, 1.165) is 43.4 Å². The number of fused-ring (bicyclic) bond motifs is 1. The largest absolute Gasteiger partial charge is 0.459 e. The number of ether oxygens (including phenoxy) is 3. The molecular formula is C35H64O6. The molecular weight excluding hydrogens is 516 g/mol. The van der Waals surface area contributed by atoms with Gasteiger partial charge in [-0.25, -0.2) is 0 Å². The van der Waals surface area contributed by atoms with E-state index in [1.54, 1.807) is 0 Å². The van der Waals surface area contributed by atoms with Gasteiger partial charge in [0.25, 0.3) is 0 Å². The zero-order chi connectivity index (χ0) is 26.7.